The first-order chi connectivity index (χ1) is 11.3. The molecule has 2 aliphatic rings. The summed E-state index contributed by atoms with van der Waals surface area (Å²) in [6.07, 6.45) is 0. The van der Waals surface area contributed by atoms with Crippen molar-refractivity contribution in [2.45, 2.75) is 13.1 Å². The van der Waals surface area contributed by atoms with Crippen LogP contribution >= 0.6 is 11.6 Å². The number of hydrogen-bond donors (Lipinski definition) is 0. The first-order valence-electron chi connectivity index (χ1n) is 8.49. The summed E-state index contributed by atoms with van der Waals surface area (Å²) in [5.74, 6) is 1.68. The van der Waals surface area contributed by atoms with Crippen molar-refractivity contribution in [2.75, 3.05) is 26.2 Å². The molecule has 4 rings (SSSR count). The summed E-state index contributed by atoms with van der Waals surface area (Å²) >= 11 is 5.97. The lowest BCUT2D eigenvalue weighted by Gasteiger charge is -2.21. The zero-order chi connectivity index (χ0) is 15.6. The monoisotopic (exact) mass is 326 g/mol. The third kappa shape index (κ3) is 3.60. The average Bonchev–Trinajstić information content (AvgIpc) is 3.08. The number of fused-ring (bicyclic) bond motifs is 1. The first kappa shape index (κ1) is 15.2. The molecule has 0 saturated carbocycles. The van der Waals surface area contributed by atoms with Crippen LogP contribution in [0.4, 0.5) is 0 Å². The van der Waals surface area contributed by atoms with Crippen molar-refractivity contribution < 1.29 is 0 Å². The Morgan fingerprint density at radius 2 is 1.17 bits per heavy atom. The molecule has 120 valence electrons. The number of benzene rings is 2. The van der Waals surface area contributed by atoms with E-state index in [4.69, 9.17) is 11.6 Å². The minimum Gasteiger partial charge on any atom is -0.298 e. The Balaban J connectivity index is 1.30. The summed E-state index contributed by atoms with van der Waals surface area (Å²) in [5, 5.41) is 0.823. The number of hydrogen-bond acceptors (Lipinski definition) is 2. The van der Waals surface area contributed by atoms with Crippen LogP contribution in [-0.4, -0.2) is 36.0 Å². The maximum Gasteiger partial charge on any atom is 0.0406 e. The second-order valence-electron chi connectivity index (χ2n) is 7.02. The van der Waals surface area contributed by atoms with Crippen LogP contribution in [0.1, 0.15) is 11.1 Å². The Labute approximate surface area is 143 Å². The standard InChI is InChI=1S/C20H23ClN2/c21-20-8-6-17(7-9-20)11-23-14-18-12-22(13-19(18)15-23)10-16-4-2-1-3-5-16/h1-9,18-19H,10-15H2/t18-,19-/m1/s1. The van der Waals surface area contributed by atoms with Crippen LogP contribution in [0.5, 0.6) is 0 Å². The zero-order valence-electron chi connectivity index (χ0n) is 13.4. The molecular formula is C20H23ClN2. The van der Waals surface area contributed by atoms with E-state index in [0.717, 1.165) is 29.9 Å². The summed E-state index contributed by atoms with van der Waals surface area (Å²) in [5.41, 5.74) is 2.81. The molecule has 0 amide bonds. The topological polar surface area (TPSA) is 6.48 Å². The van der Waals surface area contributed by atoms with Gasteiger partial charge >= 0.3 is 0 Å². The van der Waals surface area contributed by atoms with Gasteiger partial charge in [0.15, 0.2) is 0 Å². The van der Waals surface area contributed by atoms with E-state index in [2.05, 4.69) is 52.3 Å². The molecular weight excluding hydrogens is 304 g/mol. The number of halogens is 1. The number of likely N-dealkylation sites (tertiary alicyclic amines) is 2. The van der Waals surface area contributed by atoms with Gasteiger partial charge in [-0.2, -0.15) is 0 Å². The summed E-state index contributed by atoms with van der Waals surface area (Å²) in [6, 6.07) is 19.1. The van der Waals surface area contributed by atoms with Gasteiger partial charge in [-0.05, 0) is 35.1 Å². The van der Waals surface area contributed by atoms with Crippen LogP contribution in [-0.2, 0) is 13.1 Å². The number of nitrogens with zero attached hydrogens (tertiary/aromatic N) is 2. The summed E-state index contributed by atoms with van der Waals surface area (Å²) < 4.78 is 0. The largest absolute Gasteiger partial charge is 0.298 e. The third-order valence-electron chi connectivity index (χ3n) is 5.21. The normalized spacial score (nSPS) is 24.9. The SMILES string of the molecule is Clc1ccc(CN2C[C@H]3CN(Cc4ccccc4)C[C@@H]3C2)cc1. The van der Waals surface area contributed by atoms with Crippen LogP contribution in [0, 0.1) is 11.8 Å². The Hall–Kier alpha value is -1.35. The fourth-order valence-corrected chi connectivity index (χ4v) is 4.26. The van der Waals surface area contributed by atoms with Crippen molar-refractivity contribution in [3.8, 4) is 0 Å². The molecule has 0 aliphatic carbocycles. The molecule has 0 N–H and O–H groups in total. The Morgan fingerprint density at radius 1 is 0.696 bits per heavy atom. The average molecular weight is 327 g/mol. The molecule has 0 spiro atoms. The highest BCUT2D eigenvalue weighted by Gasteiger charge is 2.39. The van der Waals surface area contributed by atoms with Gasteiger partial charge in [0.05, 0.1) is 0 Å². The van der Waals surface area contributed by atoms with Crippen LogP contribution in [0.25, 0.3) is 0 Å². The molecule has 3 heteroatoms. The van der Waals surface area contributed by atoms with Crippen LogP contribution in [0.3, 0.4) is 0 Å². The third-order valence-corrected chi connectivity index (χ3v) is 5.46. The van der Waals surface area contributed by atoms with Crippen molar-refractivity contribution in [1.82, 2.24) is 9.80 Å². The van der Waals surface area contributed by atoms with Crippen molar-refractivity contribution in [2.24, 2.45) is 11.8 Å². The highest BCUT2D eigenvalue weighted by atomic mass is 35.5. The van der Waals surface area contributed by atoms with E-state index in [1.165, 1.54) is 37.3 Å². The van der Waals surface area contributed by atoms with Gasteiger partial charge < -0.3 is 0 Å². The lowest BCUT2D eigenvalue weighted by atomic mass is 10.0. The van der Waals surface area contributed by atoms with Crippen molar-refractivity contribution in [1.29, 1.82) is 0 Å². The molecule has 2 aromatic carbocycles. The van der Waals surface area contributed by atoms with Gasteiger partial charge in [-0.15, -0.1) is 0 Å². The van der Waals surface area contributed by atoms with Gasteiger partial charge in [-0.3, -0.25) is 9.80 Å². The fraction of sp³-hybridized carbons (Fsp3) is 0.400. The highest BCUT2D eigenvalue weighted by Crippen LogP contribution is 2.32. The van der Waals surface area contributed by atoms with E-state index in [1.807, 2.05) is 12.1 Å². The smallest absolute Gasteiger partial charge is 0.0406 e. The van der Waals surface area contributed by atoms with E-state index in [-0.39, 0.29) is 0 Å². The summed E-state index contributed by atoms with van der Waals surface area (Å²) in [6.45, 7) is 7.12. The highest BCUT2D eigenvalue weighted by molar-refractivity contribution is 6.30. The van der Waals surface area contributed by atoms with E-state index in [1.54, 1.807) is 0 Å². The summed E-state index contributed by atoms with van der Waals surface area (Å²) in [4.78, 5) is 5.24. The Bertz CT molecular complexity index is 626. The minimum absolute atomic E-state index is 0.823. The van der Waals surface area contributed by atoms with Crippen molar-refractivity contribution in [3.05, 3.63) is 70.7 Å². The van der Waals surface area contributed by atoms with Gasteiger partial charge in [0.1, 0.15) is 0 Å². The molecule has 23 heavy (non-hydrogen) atoms. The predicted molar refractivity (Wildman–Crippen MR) is 95.4 cm³/mol. The van der Waals surface area contributed by atoms with Crippen molar-refractivity contribution >= 4 is 11.6 Å². The summed E-state index contributed by atoms with van der Waals surface area (Å²) in [7, 11) is 0. The number of rotatable bonds is 4. The van der Waals surface area contributed by atoms with Gasteiger partial charge in [-0.25, -0.2) is 0 Å². The molecule has 0 aromatic heterocycles. The van der Waals surface area contributed by atoms with Crippen LogP contribution in [0.2, 0.25) is 5.02 Å². The molecule has 0 unspecified atom stereocenters. The van der Waals surface area contributed by atoms with Crippen LogP contribution in [0.15, 0.2) is 54.6 Å². The van der Waals surface area contributed by atoms with Crippen LogP contribution < -0.4 is 0 Å². The quantitative estimate of drug-likeness (QED) is 0.840. The van der Waals surface area contributed by atoms with Crippen molar-refractivity contribution in [3.63, 3.8) is 0 Å². The van der Waals surface area contributed by atoms with E-state index in [0.29, 0.717) is 0 Å². The van der Waals surface area contributed by atoms with E-state index >= 15 is 0 Å². The van der Waals surface area contributed by atoms with E-state index < -0.39 is 0 Å². The fourth-order valence-electron chi connectivity index (χ4n) is 4.14. The molecule has 2 aliphatic heterocycles. The van der Waals surface area contributed by atoms with Gasteiger partial charge in [-0.1, -0.05) is 54.1 Å². The maximum atomic E-state index is 5.97. The first-order valence-corrected chi connectivity index (χ1v) is 8.87. The molecule has 0 bridgehead atoms. The Morgan fingerprint density at radius 3 is 1.70 bits per heavy atom. The van der Waals surface area contributed by atoms with Gasteiger partial charge in [0, 0.05) is 44.3 Å². The second-order valence-corrected chi connectivity index (χ2v) is 7.46. The van der Waals surface area contributed by atoms with Gasteiger partial charge in [0.25, 0.3) is 0 Å². The minimum atomic E-state index is 0.823. The molecule has 2 saturated heterocycles. The molecule has 2 fully saturated rings. The molecule has 2 nitrogen and oxygen atoms in total. The van der Waals surface area contributed by atoms with E-state index in [9.17, 15) is 0 Å². The molecule has 2 heterocycles. The molecule has 2 aromatic rings. The molecule has 0 radical (unpaired) electrons. The lowest BCUT2D eigenvalue weighted by molar-refractivity contribution is 0.246. The predicted octanol–water partition coefficient (Wildman–Crippen LogP) is 3.90. The second kappa shape index (κ2) is 6.64. The lowest BCUT2D eigenvalue weighted by Crippen LogP contribution is -2.28. The zero-order valence-corrected chi connectivity index (χ0v) is 14.1. The molecule has 2 atom stereocenters. The van der Waals surface area contributed by atoms with Gasteiger partial charge in [0.2, 0.25) is 0 Å². The Kier molecular flexibility index (Phi) is 4.39. The maximum absolute atomic E-state index is 5.97.